The Kier molecular flexibility index (Phi) is 12.0. The second kappa shape index (κ2) is 14.2. The molecule has 0 aliphatic rings. The fraction of sp³-hybridized carbons (Fsp3) is 0.333. The topological polar surface area (TPSA) is 164 Å². The molecule has 1 aromatic carbocycles. The van der Waals surface area contributed by atoms with Gasteiger partial charge in [0.2, 0.25) is 11.8 Å². The van der Waals surface area contributed by atoms with Gasteiger partial charge >= 0.3 is 35.5 Å². The summed E-state index contributed by atoms with van der Waals surface area (Å²) in [7, 11) is 0. The Morgan fingerprint density at radius 2 is 1.94 bits per heavy atom. The standard InChI is InChI=1S/C21H25N5O6.Na/c1-14-7-8-15(11-17(14)26(31)32)16(12-21(29)30)25-20(28)13-24-19(27)6-4-10-23-18-5-2-3-9-22-18;/h2-3,5,7-9,11,16H,4,6,10,12-13H2,1H3,(H,22,23)(H,24,27)(H,25,28)(H,29,30);/q;+1. The molecular formula is C21H25N5NaO6+. The van der Waals surface area contributed by atoms with Gasteiger partial charge in [-0.05, 0) is 31.0 Å². The summed E-state index contributed by atoms with van der Waals surface area (Å²) < 4.78 is 0. The van der Waals surface area contributed by atoms with E-state index >= 15 is 0 Å². The van der Waals surface area contributed by atoms with Crippen molar-refractivity contribution in [2.45, 2.75) is 32.2 Å². The van der Waals surface area contributed by atoms with E-state index in [2.05, 4.69) is 20.9 Å². The number of pyridine rings is 1. The molecule has 11 nitrogen and oxygen atoms in total. The maximum absolute atomic E-state index is 12.2. The maximum atomic E-state index is 12.2. The number of rotatable bonds is 12. The quantitative estimate of drug-likeness (QED) is 0.133. The number of aromatic nitrogens is 1. The SMILES string of the molecule is Cc1ccc(C(CC(=O)O)NC(=O)CNC(=O)CCCNc2ccccn2)cc1[N+](=O)[O-].[Na+]. The number of carboxylic acid groups (broad SMARTS) is 1. The molecule has 12 heteroatoms. The van der Waals surface area contributed by atoms with Gasteiger partial charge in [-0.2, -0.15) is 0 Å². The van der Waals surface area contributed by atoms with E-state index in [9.17, 15) is 24.5 Å². The molecule has 1 heterocycles. The van der Waals surface area contributed by atoms with Crippen molar-refractivity contribution in [3.05, 3.63) is 63.8 Å². The molecule has 1 aromatic heterocycles. The average Bonchev–Trinajstić information content (AvgIpc) is 2.75. The van der Waals surface area contributed by atoms with Crippen LogP contribution in [0.15, 0.2) is 42.6 Å². The smallest absolute Gasteiger partial charge is 0.481 e. The molecule has 0 bridgehead atoms. The largest absolute Gasteiger partial charge is 1.00 e. The predicted molar refractivity (Wildman–Crippen MR) is 116 cm³/mol. The van der Waals surface area contributed by atoms with Gasteiger partial charge in [0.05, 0.1) is 23.9 Å². The second-order valence-electron chi connectivity index (χ2n) is 7.04. The van der Waals surface area contributed by atoms with E-state index < -0.39 is 29.3 Å². The van der Waals surface area contributed by atoms with Gasteiger partial charge in [0.15, 0.2) is 0 Å². The number of nitrogens with zero attached hydrogens (tertiary/aromatic N) is 2. The summed E-state index contributed by atoms with van der Waals surface area (Å²) in [5, 5.41) is 28.4. The Balaban J connectivity index is 0.00000544. The number of benzene rings is 1. The summed E-state index contributed by atoms with van der Waals surface area (Å²) in [5.74, 6) is -1.40. The number of amides is 2. The van der Waals surface area contributed by atoms with E-state index in [1.54, 1.807) is 25.3 Å². The van der Waals surface area contributed by atoms with Gasteiger partial charge < -0.3 is 21.1 Å². The minimum absolute atomic E-state index is 0. The molecule has 1 atom stereocenters. The number of carbonyl (C=O) groups is 3. The monoisotopic (exact) mass is 466 g/mol. The minimum atomic E-state index is -1.18. The van der Waals surface area contributed by atoms with Crippen LogP contribution < -0.4 is 45.5 Å². The molecule has 1 unspecified atom stereocenters. The first kappa shape index (κ1) is 28.0. The van der Waals surface area contributed by atoms with E-state index in [1.807, 2.05) is 6.07 Å². The van der Waals surface area contributed by atoms with Gasteiger partial charge in [-0.1, -0.05) is 18.2 Å². The van der Waals surface area contributed by atoms with Crippen molar-refractivity contribution >= 4 is 29.3 Å². The summed E-state index contributed by atoms with van der Waals surface area (Å²) in [6.07, 6.45) is 1.91. The molecule has 170 valence electrons. The third kappa shape index (κ3) is 9.98. The first-order chi connectivity index (χ1) is 15.3. The van der Waals surface area contributed by atoms with E-state index in [-0.39, 0.29) is 54.1 Å². The minimum Gasteiger partial charge on any atom is -0.481 e. The molecule has 0 fully saturated rings. The van der Waals surface area contributed by atoms with E-state index in [0.29, 0.717) is 29.9 Å². The van der Waals surface area contributed by atoms with E-state index in [0.717, 1.165) is 0 Å². The van der Waals surface area contributed by atoms with Gasteiger partial charge in [0, 0.05) is 30.8 Å². The molecule has 0 aliphatic carbocycles. The van der Waals surface area contributed by atoms with Crippen LogP contribution in [0.4, 0.5) is 11.5 Å². The summed E-state index contributed by atoms with van der Waals surface area (Å²) in [6.45, 7) is 1.76. The zero-order valence-corrected chi connectivity index (χ0v) is 20.5. The fourth-order valence-electron chi connectivity index (χ4n) is 2.91. The summed E-state index contributed by atoms with van der Waals surface area (Å²) in [4.78, 5) is 50.1. The first-order valence-electron chi connectivity index (χ1n) is 9.94. The Morgan fingerprint density at radius 1 is 1.18 bits per heavy atom. The molecule has 0 saturated heterocycles. The number of anilines is 1. The van der Waals surface area contributed by atoms with Crippen molar-refractivity contribution < 1.29 is 54.0 Å². The Labute approximate surface area is 212 Å². The number of carboxylic acids is 1. The summed E-state index contributed by atoms with van der Waals surface area (Å²) >= 11 is 0. The molecule has 33 heavy (non-hydrogen) atoms. The maximum Gasteiger partial charge on any atom is 1.00 e. The normalized spacial score (nSPS) is 10.9. The second-order valence-corrected chi connectivity index (χ2v) is 7.04. The third-order valence-electron chi connectivity index (χ3n) is 4.54. The molecule has 0 aliphatic heterocycles. The van der Waals surface area contributed by atoms with Crippen molar-refractivity contribution in [3.8, 4) is 0 Å². The van der Waals surface area contributed by atoms with Crippen LogP contribution >= 0.6 is 0 Å². The predicted octanol–water partition coefficient (Wildman–Crippen LogP) is -1.06. The van der Waals surface area contributed by atoms with Crippen molar-refractivity contribution in [1.29, 1.82) is 0 Å². The van der Waals surface area contributed by atoms with Crippen molar-refractivity contribution in [2.24, 2.45) is 0 Å². The van der Waals surface area contributed by atoms with Gasteiger partial charge in [-0.3, -0.25) is 24.5 Å². The molecular weight excluding hydrogens is 441 g/mol. The van der Waals surface area contributed by atoms with Gasteiger partial charge in [-0.15, -0.1) is 0 Å². The van der Waals surface area contributed by atoms with E-state index in [1.165, 1.54) is 18.2 Å². The van der Waals surface area contributed by atoms with Crippen LogP contribution in [-0.4, -0.2) is 45.9 Å². The van der Waals surface area contributed by atoms with Crippen LogP contribution in [0.5, 0.6) is 0 Å². The van der Waals surface area contributed by atoms with Crippen LogP contribution in [0, 0.1) is 17.0 Å². The van der Waals surface area contributed by atoms with Gasteiger partial charge in [0.25, 0.3) is 5.69 Å². The Bertz CT molecular complexity index is 973. The zero-order chi connectivity index (χ0) is 23.5. The summed E-state index contributed by atoms with van der Waals surface area (Å²) in [5.41, 5.74) is 0.550. The molecule has 0 saturated carbocycles. The van der Waals surface area contributed by atoms with Crippen molar-refractivity contribution in [2.75, 3.05) is 18.4 Å². The number of carbonyl (C=O) groups excluding carboxylic acids is 2. The molecule has 4 N–H and O–H groups in total. The number of aliphatic carboxylic acids is 1. The van der Waals surface area contributed by atoms with E-state index in [4.69, 9.17) is 5.11 Å². The van der Waals surface area contributed by atoms with Gasteiger partial charge in [-0.25, -0.2) is 4.98 Å². The number of nitro groups is 1. The molecule has 0 radical (unpaired) electrons. The Hall–Kier alpha value is -3.02. The molecule has 2 rings (SSSR count). The number of hydrogen-bond acceptors (Lipinski definition) is 7. The average molecular weight is 466 g/mol. The third-order valence-corrected chi connectivity index (χ3v) is 4.54. The molecule has 0 spiro atoms. The van der Waals surface area contributed by atoms with Crippen molar-refractivity contribution in [3.63, 3.8) is 0 Å². The number of nitrogens with one attached hydrogen (secondary N) is 3. The summed E-state index contributed by atoms with van der Waals surface area (Å²) in [6, 6.07) is 8.74. The molecule has 2 aromatic rings. The number of aryl methyl sites for hydroxylation is 1. The van der Waals surface area contributed by atoms with Crippen LogP contribution in [0.25, 0.3) is 0 Å². The zero-order valence-electron chi connectivity index (χ0n) is 18.5. The number of nitro benzene ring substituents is 1. The number of hydrogen-bond donors (Lipinski definition) is 4. The molecule has 2 amide bonds. The van der Waals surface area contributed by atoms with Crippen molar-refractivity contribution in [1.82, 2.24) is 15.6 Å². The van der Waals surface area contributed by atoms with Gasteiger partial charge in [0.1, 0.15) is 5.82 Å². The van der Waals surface area contributed by atoms with Crippen LogP contribution in [0.1, 0.15) is 36.4 Å². The Morgan fingerprint density at radius 3 is 2.58 bits per heavy atom. The van der Waals surface area contributed by atoms with Crippen LogP contribution in [0.2, 0.25) is 0 Å². The first-order valence-corrected chi connectivity index (χ1v) is 9.94. The van der Waals surface area contributed by atoms with Crippen LogP contribution in [-0.2, 0) is 14.4 Å². The van der Waals surface area contributed by atoms with Crippen LogP contribution in [0.3, 0.4) is 0 Å². The fourth-order valence-corrected chi connectivity index (χ4v) is 2.91.